The van der Waals surface area contributed by atoms with E-state index in [1.165, 1.54) is 22.3 Å². The lowest BCUT2D eigenvalue weighted by Crippen LogP contribution is -2.30. The van der Waals surface area contributed by atoms with Gasteiger partial charge in [0.2, 0.25) is 0 Å². The second-order valence-corrected chi connectivity index (χ2v) is 6.59. The summed E-state index contributed by atoms with van der Waals surface area (Å²) in [5.41, 5.74) is 4.91. The van der Waals surface area contributed by atoms with Crippen molar-refractivity contribution < 1.29 is 14.6 Å². The van der Waals surface area contributed by atoms with Crippen LogP contribution in [0.5, 0.6) is 0 Å². The van der Waals surface area contributed by atoms with E-state index in [-0.39, 0.29) is 24.5 Å². The number of hydrogen-bond donors (Lipinski definition) is 1. The molecular formula is C20H21NO3. The van der Waals surface area contributed by atoms with Crippen LogP contribution >= 0.6 is 0 Å². The van der Waals surface area contributed by atoms with Crippen LogP contribution in [0.15, 0.2) is 48.5 Å². The van der Waals surface area contributed by atoms with E-state index in [0.717, 1.165) is 6.42 Å². The number of likely N-dealkylation sites (tertiary alicyclic amines) is 1. The molecule has 24 heavy (non-hydrogen) atoms. The second-order valence-electron chi connectivity index (χ2n) is 6.59. The van der Waals surface area contributed by atoms with Crippen molar-refractivity contribution >= 4 is 6.09 Å². The van der Waals surface area contributed by atoms with Crippen LogP contribution in [0, 0.1) is 5.92 Å². The van der Waals surface area contributed by atoms with Crippen LogP contribution < -0.4 is 0 Å². The predicted molar refractivity (Wildman–Crippen MR) is 91.8 cm³/mol. The second kappa shape index (κ2) is 6.29. The highest BCUT2D eigenvalue weighted by molar-refractivity contribution is 5.79. The van der Waals surface area contributed by atoms with E-state index in [1.807, 2.05) is 24.3 Å². The first-order valence-electron chi connectivity index (χ1n) is 8.48. The average molecular weight is 323 g/mol. The smallest absolute Gasteiger partial charge is 0.409 e. The van der Waals surface area contributed by atoms with Crippen LogP contribution in [-0.4, -0.2) is 42.4 Å². The summed E-state index contributed by atoms with van der Waals surface area (Å²) in [7, 11) is 0. The van der Waals surface area contributed by atoms with E-state index in [0.29, 0.717) is 19.7 Å². The molecule has 1 fully saturated rings. The minimum Gasteiger partial charge on any atom is -0.448 e. The maximum absolute atomic E-state index is 12.3. The van der Waals surface area contributed by atoms with Crippen molar-refractivity contribution in [2.75, 3.05) is 26.3 Å². The molecule has 2 aromatic rings. The summed E-state index contributed by atoms with van der Waals surface area (Å²) in [5, 5.41) is 9.21. The van der Waals surface area contributed by atoms with E-state index in [2.05, 4.69) is 24.3 Å². The van der Waals surface area contributed by atoms with E-state index in [9.17, 15) is 9.90 Å². The highest BCUT2D eigenvalue weighted by Crippen LogP contribution is 2.44. The summed E-state index contributed by atoms with van der Waals surface area (Å²) < 4.78 is 5.62. The Bertz CT molecular complexity index is 713. The van der Waals surface area contributed by atoms with Gasteiger partial charge in [-0.25, -0.2) is 4.79 Å². The molecular weight excluding hydrogens is 302 g/mol. The van der Waals surface area contributed by atoms with Crippen molar-refractivity contribution in [3.05, 3.63) is 59.7 Å². The molecule has 0 unspecified atom stereocenters. The Hall–Kier alpha value is -2.33. The lowest BCUT2D eigenvalue weighted by molar-refractivity contribution is 0.105. The minimum absolute atomic E-state index is 0.0950. The van der Waals surface area contributed by atoms with Gasteiger partial charge in [0, 0.05) is 31.5 Å². The van der Waals surface area contributed by atoms with E-state index in [1.54, 1.807) is 4.90 Å². The molecule has 2 aromatic carbocycles. The minimum atomic E-state index is -0.271. The zero-order chi connectivity index (χ0) is 16.5. The Morgan fingerprint density at radius 1 is 1.08 bits per heavy atom. The Balaban J connectivity index is 1.50. The molecule has 1 aliphatic carbocycles. The molecule has 1 saturated heterocycles. The van der Waals surface area contributed by atoms with Gasteiger partial charge in [0.1, 0.15) is 6.61 Å². The monoisotopic (exact) mass is 323 g/mol. The van der Waals surface area contributed by atoms with Gasteiger partial charge in [-0.2, -0.15) is 0 Å². The number of rotatable bonds is 3. The number of carbonyl (C=O) groups is 1. The van der Waals surface area contributed by atoms with E-state index in [4.69, 9.17) is 4.74 Å². The van der Waals surface area contributed by atoms with Gasteiger partial charge >= 0.3 is 6.09 Å². The number of benzene rings is 2. The summed E-state index contributed by atoms with van der Waals surface area (Å²) in [6, 6.07) is 16.6. The molecule has 124 valence electrons. The molecule has 0 radical (unpaired) electrons. The molecule has 0 aromatic heterocycles. The summed E-state index contributed by atoms with van der Waals surface area (Å²) in [5.74, 6) is 0.281. The number of nitrogens with zero attached hydrogens (tertiary/aromatic N) is 1. The molecule has 1 aliphatic heterocycles. The van der Waals surface area contributed by atoms with Crippen LogP contribution in [0.4, 0.5) is 4.79 Å². The third-order valence-corrected chi connectivity index (χ3v) is 5.14. The molecule has 2 aliphatic rings. The molecule has 1 atom stereocenters. The fraction of sp³-hybridized carbons (Fsp3) is 0.350. The van der Waals surface area contributed by atoms with Crippen LogP contribution in [0.2, 0.25) is 0 Å². The maximum atomic E-state index is 12.3. The highest BCUT2D eigenvalue weighted by Gasteiger charge is 2.31. The van der Waals surface area contributed by atoms with Gasteiger partial charge in [-0.05, 0) is 28.7 Å². The van der Waals surface area contributed by atoms with Gasteiger partial charge in [0.05, 0.1) is 0 Å². The summed E-state index contributed by atoms with van der Waals surface area (Å²) in [6.07, 6.45) is 0.577. The Kier molecular flexibility index (Phi) is 3.98. The topological polar surface area (TPSA) is 49.8 Å². The summed E-state index contributed by atoms with van der Waals surface area (Å²) >= 11 is 0. The zero-order valence-electron chi connectivity index (χ0n) is 13.5. The normalized spacial score (nSPS) is 19.2. The van der Waals surface area contributed by atoms with Gasteiger partial charge in [-0.3, -0.25) is 0 Å². The van der Waals surface area contributed by atoms with E-state index >= 15 is 0 Å². The summed E-state index contributed by atoms with van der Waals surface area (Å²) in [4.78, 5) is 14.0. The largest absolute Gasteiger partial charge is 0.448 e. The number of fused-ring (bicyclic) bond motifs is 3. The Morgan fingerprint density at radius 2 is 1.71 bits per heavy atom. The van der Waals surface area contributed by atoms with Crippen molar-refractivity contribution in [2.45, 2.75) is 12.3 Å². The van der Waals surface area contributed by atoms with Crippen LogP contribution in [0.1, 0.15) is 23.5 Å². The lowest BCUT2D eigenvalue weighted by atomic mass is 9.98. The van der Waals surface area contributed by atoms with Crippen molar-refractivity contribution in [1.82, 2.24) is 4.90 Å². The van der Waals surface area contributed by atoms with Gasteiger partial charge in [-0.15, -0.1) is 0 Å². The molecule has 0 saturated carbocycles. The average Bonchev–Trinajstić information content (AvgIpc) is 3.23. The first-order valence-corrected chi connectivity index (χ1v) is 8.48. The quantitative estimate of drug-likeness (QED) is 0.943. The van der Waals surface area contributed by atoms with E-state index < -0.39 is 0 Å². The number of carbonyl (C=O) groups excluding carboxylic acids is 1. The first kappa shape index (κ1) is 15.2. The van der Waals surface area contributed by atoms with Crippen molar-refractivity contribution in [3.63, 3.8) is 0 Å². The van der Waals surface area contributed by atoms with Gasteiger partial charge in [0.15, 0.2) is 0 Å². The van der Waals surface area contributed by atoms with Crippen LogP contribution in [0.25, 0.3) is 11.1 Å². The van der Waals surface area contributed by atoms with Crippen LogP contribution in [0.3, 0.4) is 0 Å². The van der Waals surface area contributed by atoms with Gasteiger partial charge < -0.3 is 14.7 Å². The fourth-order valence-corrected chi connectivity index (χ4v) is 3.83. The Morgan fingerprint density at radius 3 is 2.29 bits per heavy atom. The summed E-state index contributed by atoms with van der Waals surface area (Å²) in [6.45, 7) is 1.75. The van der Waals surface area contributed by atoms with Crippen molar-refractivity contribution in [1.29, 1.82) is 0 Å². The number of amides is 1. The molecule has 1 heterocycles. The lowest BCUT2D eigenvalue weighted by Gasteiger charge is -2.19. The molecule has 0 bridgehead atoms. The highest BCUT2D eigenvalue weighted by atomic mass is 16.6. The molecule has 4 rings (SSSR count). The number of aliphatic hydroxyl groups excluding tert-OH is 1. The molecule has 1 N–H and O–H groups in total. The molecule has 4 heteroatoms. The van der Waals surface area contributed by atoms with Crippen molar-refractivity contribution in [2.24, 2.45) is 5.92 Å². The predicted octanol–water partition coefficient (Wildman–Crippen LogP) is 3.25. The standard InChI is InChI=1S/C20H21NO3/c22-12-14-9-10-21(11-14)20(23)24-13-19-17-7-3-1-5-15(17)16-6-2-4-8-18(16)19/h1-8,14,19,22H,9-13H2/t14-/m0/s1. The maximum Gasteiger partial charge on any atom is 0.409 e. The SMILES string of the molecule is O=C(OCC1c2ccccc2-c2ccccc21)N1CC[C@H](CO)C1. The molecule has 4 nitrogen and oxygen atoms in total. The van der Waals surface area contributed by atoms with Gasteiger partial charge in [-0.1, -0.05) is 48.5 Å². The van der Waals surface area contributed by atoms with Crippen molar-refractivity contribution in [3.8, 4) is 11.1 Å². The van der Waals surface area contributed by atoms with Gasteiger partial charge in [0.25, 0.3) is 0 Å². The third-order valence-electron chi connectivity index (χ3n) is 5.14. The zero-order valence-corrected chi connectivity index (χ0v) is 13.5. The number of ether oxygens (including phenoxy) is 1. The fourth-order valence-electron chi connectivity index (χ4n) is 3.83. The molecule has 1 amide bonds. The molecule has 0 spiro atoms. The van der Waals surface area contributed by atoms with Crippen LogP contribution in [-0.2, 0) is 4.74 Å². The number of hydrogen-bond acceptors (Lipinski definition) is 3. The number of aliphatic hydroxyl groups is 1. The first-order chi connectivity index (χ1) is 11.8. The Labute approximate surface area is 141 Å². The third kappa shape index (κ3) is 2.57.